The van der Waals surface area contributed by atoms with Gasteiger partial charge >= 0.3 is 0 Å². The van der Waals surface area contributed by atoms with Gasteiger partial charge in [-0.15, -0.1) is 0 Å². The van der Waals surface area contributed by atoms with Crippen molar-refractivity contribution in [1.29, 1.82) is 0 Å². The summed E-state index contributed by atoms with van der Waals surface area (Å²) < 4.78 is 12.7. The second-order valence-corrected chi connectivity index (χ2v) is 4.55. The van der Waals surface area contributed by atoms with Gasteiger partial charge in [0.1, 0.15) is 5.82 Å². The molecule has 0 bridgehead atoms. The van der Waals surface area contributed by atoms with Crippen molar-refractivity contribution in [2.45, 2.75) is 18.9 Å². The van der Waals surface area contributed by atoms with E-state index >= 15 is 0 Å². The molecule has 3 nitrogen and oxygen atoms in total. The first-order valence-corrected chi connectivity index (χ1v) is 6.14. The summed E-state index contributed by atoms with van der Waals surface area (Å²) in [5, 5.41) is 12.9. The van der Waals surface area contributed by atoms with E-state index in [9.17, 15) is 9.50 Å². The van der Waals surface area contributed by atoms with Gasteiger partial charge in [-0.1, -0.05) is 0 Å². The molecule has 1 heterocycles. The largest absolute Gasteiger partial charge is 0.390 e. The van der Waals surface area contributed by atoms with Gasteiger partial charge in [0.25, 0.3) is 0 Å². The molecular weight excluding hydrogens is 219 g/mol. The van der Waals surface area contributed by atoms with Gasteiger partial charge in [-0.2, -0.15) is 0 Å². The summed E-state index contributed by atoms with van der Waals surface area (Å²) in [5.41, 5.74) is 0.840. The Morgan fingerprint density at radius 3 is 2.53 bits per heavy atom. The number of hydrogen-bond donors (Lipinski definition) is 2. The molecule has 0 radical (unpaired) electrons. The van der Waals surface area contributed by atoms with E-state index in [1.165, 1.54) is 25.0 Å². The zero-order chi connectivity index (χ0) is 12.1. The lowest BCUT2D eigenvalue weighted by atomic mass is 10.3. The van der Waals surface area contributed by atoms with Crippen LogP contribution >= 0.6 is 0 Å². The highest BCUT2D eigenvalue weighted by atomic mass is 19.1. The van der Waals surface area contributed by atoms with Crippen LogP contribution in [0.3, 0.4) is 0 Å². The summed E-state index contributed by atoms with van der Waals surface area (Å²) in [6.07, 6.45) is 2.09. The summed E-state index contributed by atoms with van der Waals surface area (Å²) in [5.74, 6) is -0.242. The first kappa shape index (κ1) is 12.3. The van der Waals surface area contributed by atoms with Crippen molar-refractivity contribution in [1.82, 2.24) is 4.90 Å². The molecule has 94 valence electrons. The van der Waals surface area contributed by atoms with Gasteiger partial charge in [0, 0.05) is 18.8 Å². The molecule has 17 heavy (non-hydrogen) atoms. The number of aliphatic hydroxyl groups excluding tert-OH is 1. The normalized spacial score (nSPS) is 18.2. The summed E-state index contributed by atoms with van der Waals surface area (Å²) in [6.45, 7) is 3.40. The second-order valence-electron chi connectivity index (χ2n) is 4.55. The maximum atomic E-state index is 12.7. The minimum Gasteiger partial charge on any atom is -0.390 e. The van der Waals surface area contributed by atoms with Crippen LogP contribution < -0.4 is 5.32 Å². The summed E-state index contributed by atoms with van der Waals surface area (Å²) >= 11 is 0. The SMILES string of the molecule is OC(CNc1ccc(F)cc1)CN1CCCC1. The van der Waals surface area contributed by atoms with Gasteiger partial charge in [0.15, 0.2) is 0 Å². The minimum absolute atomic E-state index is 0.242. The molecule has 0 aromatic heterocycles. The third-order valence-electron chi connectivity index (χ3n) is 3.05. The zero-order valence-electron chi connectivity index (χ0n) is 9.90. The van der Waals surface area contributed by atoms with Crippen molar-refractivity contribution in [2.24, 2.45) is 0 Å². The molecule has 0 spiro atoms. The van der Waals surface area contributed by atoms with E-state index in [1.54, 1.807) is 12.1 Å². The topological polar surface area (TPSA) is 35.5 Å². The number of anilines is 1. The second kappa shape index (κ2) is 5.98. The van der Waals surface area contributed by atoms with Gasteiger partial charge < -0.3 is 15.3 Å². The first-order valence-electron chi connectivity index (χ1n) is 6.14. The highest BCUT2D eigenvalue weighted by Crippen LogP contribution is 2.10. The summed E-state index contributed by atoms with van der Waals surface area (Å²) in [4.78, 5) is 2.27. The Kier molecular flexibility index (Phi) is 4.34. The van der Waals surface area contributed by atoms with Gasteiger partial charge in [-0.25, -0.2) is 4.39 Å². The smallest absolute Gasteiger partial charge is 0.123 e. The molecule has 0 amide bonds. The molecule has 2 rings (SSSR count). The van der Waals surface area contributed by atoms with E-state index in [2.05, 4.69) is 10.2 Å². The molecule has 1 aliphatic heterocycles. The lowest BCUT2D eigenvalue weighted by Gasteiger charge is -2.19. The fraction of sp³-hybridized carbons (Fsp3) is 0.538. The molecule has 2 N–H and O–H groups in total. The van der Waals surface area contributed by atoms with E-state index < -0.39 is 0 Å². The molecule has 0 aliphatic carbocycles. The van der Waals surface area contributed by atoms with Gasteiger partial charge in [0.2, 0.25) is 0 Å². The highest BCUT2D eigenvalue weighted by molar-refractivity contribution is 5.42. The Balaban J connectivity index is 1.71. The van der Waals surface area contributed by atoms with Crippen LogP contribution in [0.15, 0.2) is 24.3 Å². The molecule has 1 aromatic carbocycles. The molecular formula is C13H19FN2O. The number of likely N-dealkylation sites (tertiary alicyclic amines) is 1. The number of halogens is 1. The van der Waals surface area contributed by atoms with Crippen LogP contribution in [0.5, 0.6) is 0 Å². The van der Waals surface area contributed by atoms with Crippen LogP contribution in [0.2, 0.25) is 0 Å². The first-order chi connectivity index (χ1) is 8.24. The molecule has 4 heteroatoms. The quantitative estimate of drug-likeness (QED) is 0.819. The number of rotatable bonds is 5. The van der Waals surface area contributed by atoms with Crippen molar-refractivity contribution >= 4 is 5.69 Å². The molecule has 1 saturated heterocycles. The van der Waals surface area contributed by atoms with Crippen LogP contribution in [0.25, 0.3) is 0 Å². The van der Waals surface area contributed by atoms with Gasteiger partial charge in [0.05, 0.1) is 6.10 Å². The number of nitrogens with zero attached hydrogens (tertiary/aromatic N) is 1. The lowest BCUT2D eigenvalue weighted by molar-refractivity contribution is 0.135. The third-order valence-corrected chi connectivity index (χ3v) is 3.05. The molecule has 1 aromatic rings. The number of hydrogen-bond acceptors (Lipinski definition) is 3. The lowest BCUT2D eigenvalue weighted by Crippen LogP contribution is -2.34. The van der Waals surface area contributed by atoms with E-state index in [0.717, 1.165) is 18.8 Å². The fourth-order valence-electron chi connectivity index (χ4n) is 2.13. The standard InChI is InChI=1S/C13H19FN2O/c14-11-3-5-12(6-4-11)15-9-13(17)10-16-7-1-2-8-16/h3-6,13,15,17H,1-2,7-10H2. The van der Waals surface area contributed by atoms with Gasteiger partial charge in [-0.3, -0.25) is 0 Å². The van der Waals surface area contributed by atoms with E-state index in [0.29, 0.717) is 13.1 Å². The number of benzene rings is 1. The Labute approximate surface area is 101 Å². The Morgan fingerprint density at radius 1 is 1.24 bits per heavy atom. The molecule has 0 saturated carbocycles. The van der Waals surface area contributed by atoms with Crippen molar-refractivity contribution in [3.8, 4) is 0 Å². The summed E-state index contributed by atoms with van der Waals surface area (Å²) in [7, 11) is 0. The van der Waals surface area contributed by atoms with Gasteiger partial charge in [-0.05, 0) is 50.2 Å². The Bertz CT molecular complexity index is 336. The van der Waals surface area contributed by atoms with Crippen LogP contribution in [0, 0.1) is 5.82 Å². The Morgan fingerprint density at radius 2 is 1.88 bits per heavy atom. The van der Waals surface area contributed by atoms with E-state index in [-0.39, 0.29) is 11.9 Å². The van der Waals surface area contributed by atoms with Crippen LogP contribution in [0.1, 0.15) is 12.8 Å². The predicted octanol–water partition coefficient (Wildman–Crippen LogP) is 1.69. The molecule has 1 atom stereocenters. The fourth-order valence-corrected chi connectivity index (χ4v) is 2.13. The molecule has 1 aliphatic rings. The van der Waals surface area contributed by atoms with Crippen LogP contribution in [0.4, 0.5) is 10.1 Å². The number of β-amino-alcohol motifs (C(OH)–C–C–N with tert-alkyl or cyclic N) is 1. The van der Waals surface area contributed by atoms with Crippen molar-refractivity contribution < 1.29 is 9.50 Å². The predicted molar refractivity (Wildman–Crippen MR) is 66.6 cm³/mol. The van der Waals surface area contributed by atoms with E-state index in [1.807, 2.05) is 0 Å². The molecule has 1 fully saturated rings. The Hall–Kier alpha value is -1.13. The van der Waals surface area contributed by atoms with Crippen molar-refractivity contribution in [2.75, 3.05) is 31.5 Å². The zero-order valence-corrected chi connectivity index (χ0v) is 9.90. The average Bonchev–Trinajstić information content (AvgIpc) is 2.81. The minimum atomic E-state index is -0.377. The third kappa shape index (κ3) is 3.98. The number of aliphatic hydroxyl groups is 1. The van der Waals surface area contributed by atoms with E-state index in [4.69, 9.17) is 0 Å². The summed E-state index contributed by atoms with van der Waals surface area (Å²) in [6, 6.07) is 6.18. The van der Waals surface area contributed by atoms with Crippen molar-refractivity contribution in [3.05, 3.63) is 30.1 Å². The van der Waals surface area contributed by atoms with Crippen molar-refractivity contribution in [3.63, 3.8) is 0 Å². The average molecular weight is 238 g/mol. The molecule has 1 unspecified atom stereocenters. The maximum absolute atomic E-state index is 12.7. The van der Waals surface area contributed by atoms with Crippen LogP contribution in [-0.4, -0.2) is 42.3 Å². The number of nitrogens with one attached hydrogen (secondary N) is 1. The maximum Gasteiger partial charge on any atom is 0.123 e. The van der Waals surface area contributed by atoms with Crippen LogP contribution in [-0.2, 0) is 0 Å². The highest BCUT2D eigenvalue weighted by Gasteiger charge is 2.15. The monoisotopic (exact) mass is 238 g/mol.